The average molecular weight is 401 g/mol. The minimum atomic E-state index is -1.44. The van der Waals surface area contributed by atoms with Crippen molar-refractivity contribution < 1.29 is 35.0 Å². The van der Waals surface area contributed by atoms with Crippen LogP contribution in [0.15, 0.2) is 12.2 Å². The zero-order chi connectivity index (χ0) is 20.9. The van der Waals surface area contributed by atoms with E-state index in [1.54, 1.807) is 0 Å². The van der Waals surface area contributed by atoms with E-state index in [0.29, 0.717) is 12.3 Å². The number of ether oxygens (including phenoxy) is 2. The van der Waals surface area contributed by atoms with Crippen LogP contribution in [0.25, 0.3) is 0 Å². The molecule has 7 heteroatoms. The summed E-state index contributed by atoms with van der Waals surface area (Å²) in [5.41, 5.74) is 0.374. The van der Waals surface area contributed by atoms with E-state index in [9.17, 15) is 25.5 Å². The predicted octanol–water partition coefficient (Wildman–Crippen LogP) is 0.715. The third-order valence-corrected chi connectivity index (χ3v) is 7.28. The summed E-state index contributed by atoms with van der Waals surface area (Å²) >= 11 is 0. The molecule has 3 fully saturated rings. The largest absolute Gasteiger partial charge is 0.394 e. The van der Waals surface area contributed by atoms with Crippen molar-refractivity contribution in [2.24, 2.45) is 17.3 Å². The third-order valence-electron chi connectivity index (χ3n) is 7.28. The smallest absolute Gasteiger partial charge is 0.186 e. The molecule has 0 aromatic rings. The Morgan fingerprint density at radius 1 is 1.21 bits per heavy atom. The Morgan fingerprint density at radius 2 is 1.89 bits per heavy atom. The molecule has 2 saturated carbocycles. The number of hydrogen-bond donors (Lipinski definition) is 5. The zero-order valence-corrected chi connectivity index (χ0v) is 17.1. The van der Waals surface area contributed by atoms with Crippen LogP contribution in [0.2, 0.25) is 0 Å². The summed E-state index contributed by atoms with van der Waals surface area (Å²) < 4.78 is 11.5. The first-order valence-corrected chi connectivity index (χ1v) is 10.3. The van der Waals surface area contributed by atoms with Gasteiger partial charge in [-0.3, -0.25) is 0 Å². The second kappa shape index (κ2) is 7.95. The van der Waals surface area contributed by atoms with Crippen LogP contribution in [0.5, 0.6) is 0 Å². The highest BCUT2D eigenvalue weighted by Crippen LogP contribution is 2.55. The van der Waals surface area contributed by atoms with Crippen LogP contribution in [-0.4, -0.2) is 74.6 Å². The maximum absolute atomic E-state index is 10.4. The van der Waals surface area contributed by atoms with E-state index in [4.69, 9.17) is 9.47 Å². The fraction of sp³-hybridized carbons (Fsp3) is 0.905. The molecule has 162 valence electrons. The number of aliphatic hydroxyl groups is 5. The second-order valence-corrected chi connectivity index (χ2v) is 9.85. The van der Waals surface area contributed by atoms with Gasteiger partial charge in [-0.05, 0) is 63.2 Å². The van der Waals surface area contributed by atoms with E-state index in [0.717, 1.165) is 31.3 Å². The lowest BCUT2D eigenvalue weighted by Crippen LogP contribution is -2.60. The highest BCUT2D eigenvalue weighted by molar-refractivity contribution is 5.15. The lowest BCUT2D eigenvalue weighted by molar-refractivity contribution is -0.314. The van der Waals surface area contributed by atoms with Crippen molar-refractivity contribution in [1.82, 2.24) is 0 Å². The van der Waals surface area contributed by atoms with Gasteiger partial charge in [-0.25, -0.2) is 0 Å². The molecule has 9 atom stereocenters. The van der Waals surface area contributed by atoms with Crippen molar-refractivity contribution in [3.8, 4) is 0 Å². The Kier molecular flexibility index (Phi) is 6.29. The van der Waals surface area contributed by atoms with Gasteiger partial charge in [-0.15, -0.1) is 0 Å². The van der Waals surface area contributed by atoms with Crippen molar-refractivity contribution in [3.05, 3.63) is 12.2 Å². The maximum Gasteiger partial charge on any atom is 0.186 e. The standard InChI is InChI=1S/C21H36O7/c1-11-7-13(27-19-18(25)17(24)16(23)15(10-22)28-19)9-21(4)6-5-12(8-14(11)21)20(2,3)26/h12-19,22-26H,1,5-10H2,2-4H3. The van der Waals surface area contributed by atoms with E-state index < -0.39 is 42.9 Å². The van der Waals surface area contributed by atoms with Crippen LogP contribution in [0, 0.1) is 17.3 Å². The highest BCUT2D eigenvalue weighted by Gasteiger charge is 2.50. The molecule has 2 aliphatic carbocycles. The van der Waals surface area contributed by atoms with Crippen LogP contribution < -0.4 is 0 Å². The molecule has 1 heterocycles. The van der Waals surface area contributed by atoms with Crippen molar-refractivity contribution in [1.29, 1.82) is 0 Å². The highest BCUT2D eigenvalue weighted by atomic mass is 16.7. The normalized spacial score (nSPS) is 47.6. The minimum Gasteiger partial charge on any atom is -0.394 e. The Morgan fingerprint density at radius 3 is 2.50 bits per heavy atom. The van der Waals surface area contributed by atoms with Gasteiger partial charge in [0.2, 0.25) is 0 Å². The first-order chi connectivity index (χ1) is 13.0. The van der Waals surface area contributed by atoms with Crippen LogP contribution in [-0.2, 0) is 9.47 Å². The number of rotatable bonds is 4. The number of hydrogen-bond acceptors (Lipinski definition) is 7. The first-order valence-electron chi connectivity index (χ1n) is 10.3. The molecule has 3 rings (SSSR count). The van der Waals surface area contributed by atoms with Crippen LogP contribution >= 0.6 is 0 Å². The van der Waals surface area contributed by atoms with Crippen LogP contribution in [0.4, 0.5) is 0 Å². The molecule has 0 aromatic carbocycles. The summed E-state index contributed by atoms with van der Waals surface area (Å²) in [6, 6.07) is 0. The van der Waals surface area contributed by atoms with Crippen molar-refractivity contribution in [2.75, 3.05) is 6.61 Å². The van der Waals surface area contributed by atoms with Gasteiger partial charge in [0.15, 0.2) is 6.29 Å². The number of fused-ring (bicyclic) bond motifs is 1. The molecule has 5 N–H and O–H groups in total. The molecule has 7 nitrogen and oxygen atoms in total. The second-order valence-electron chi connectivity index (χ2n) is 9.85. The molecule has 0 radical (unpaired) electrons. The predicted molar refractivity (Wildman–Crippen MR) is 102 cm³/mol. The first kappa shape index (κ1) is 22.2. The fourth-order valence-corrected chi connectivity index (χ4v) is 5.40. The van der Waals surface area contributed by atoms with E-state index in [-0.39, 0.29) is 17.4 Å². The lowest BCUT2D eigenvalue weighted by Gasteiger charge is -2.53. The molecule has 9 unspecified atom stereocenters. The summed E-state index contributed by atoms with van der Waals surface area (Å²) in [5, 5.41) is 49.9. The van der Waals surface area contributed by atoms with Gasteiger partial charge in [0.05, 0.1) is 18.3 Å². The van der Waals surface area contributed by atoms with Gasteiger partial charge in [0.25, 0.3) is 0 Å². The molecule has 1 saturated heterocycles. The molecule has 0 bridgehead atoms. The van der Waals surface area contributed by atoms with Gasteiger partial charge in [0.1, 0.15) is 24.4 Å². The summed E-state index contributed by atoms with van der Waals surface area (Å²) in [6.45, 7) is 9.79. The monoisotopic (exact) mass is 400 g/mol. The average Bonchev–Trinajstić information content (AvgIpc) is 2.60. The summed E-state index contributed by atoms with van der Waals surface area (Å²) in [7, 11) is 0. The van der Waals surface area contributed by atoms with Gasteiger partial charge in [-0.1, -0.05) is 19.1 Å². The molecule has 0 aromatic heterocycles. The Hall–Kier alpha value is -0.540. The van der Waals surface area contributed by atoms with Gasteiger partial charge >= 0.3 is 0 Å². The van der Waals surface area contributed by atoms with E-state index in [1.165, 1.54) is 0 Å². The number of aliphatic hydroxyl groups excluding tert-OH is 4. The summed E-state index contributed by atoms with van der Waals surface area (Å²) in [6.07, 6.45) is -2.33. The Bertz CT molecular complexity index is 572. The van der Waals surface area contributed by atoms with Gasteiger partial charge in [0, 0.05) is 0 Å². The fourth-order valence-electron chi connectivity index (χ4n) is 5.40. The Balaban J connectivity index is 1.68. The molecular weight excluding hydrogens is 364 g/mol. The van der Waals surface area contributed by atoms with E-state index in [2.05, 4.69) is 13.5 Å². The Labute approximate surface area is 167 Å². The van der Waals surface area contributed by atoms with E-state index >= 15 is 0 Å². The quantitative estimate of drug-likeness (QED) is 0.348. The summed E-state index contributed by atoms with van der Waals surface area (Å²) in [4.78, 5) is 0. The minimum absolute atomic E-state index is 0.00409. The molecule has 0 spiro atoms. The summed E-state index contributed by atoms with van der Waals surface area (Å²) in [5.74, 6) is 0.553. The van der Waals surface area contributed by atoms with E-state index in [1.807, 2.05) is 13.8 Å². The third kappa shape index (κ3) is 4.17. The van der Waals surface area contributed by atoms with Crippen molar-refractivity contribution in [3.63, 3.8) is 0 Å². The maximum atomic E-state index is 10.4. The van der Waals surface area contributed by atoms with Crippen LogP contribution in [0.1, 0.15) is 52.9 Å². The molecule has 1 aliphatic heterocycles. The topological polar surface area (TPSA) is 120 Å². The molecule has 3 aliphatic rings. The molecule has 0 amide bonds. The SMILES string of the molecule is C=C1CC(OC2OC(CO)C(O)C(O)C2O)CC2(C)CCC(C(C)(C)O)CC12. The zero-order valence-electron chi connectivity index (χ0n) is 17.1. The molecular formula is C21H36O7. The van der Waals surface area contributed by atoms with Crippen LogP contribution in [0.3, 0.4) is 0 Å². The molecule has 28 heavy (non-hydrogen) atoms. The van der Waals surface area contributed by atoms with Gasteiger partial charge < -0.3 is 35.0 Å². The van der Waals surface area contributed by atoms with Crippen molar-refractivity contribution >= 4 is 0 Å². The lowest BCUT2D eigenvalue weighted by atomic mass is 9.55. The van der Waals surface area contributed by atoms with Gasteiger partial charge in [-0.2, -0.15) is 0 Å². The van der Waals surface area contributed by atoms with Crippen molar-refractivity contribution in [2.45, 2.75) is 95.3 Å².